The highest BCUT2D eigenvalue weighted by Gasteiger charge is 2.52. The molecule has 9 heteroatoms. The number of benzene rings is 2. The molecule has 0 bridgehead atoms. The van der Waals surface area contributed by atoms with Gasteiger partial charge in [0, 0.05) is 43.2 Å². The van der Waals surface area contributed by atoms with Crippen LogP contribution >= 0.6 is 0 Å². The Labute approximate surface area is 222 Å². The molecule has 38 heavy (non-hydrogen) atoms. The lowest BCUT2D eigenvalue weighted by Crippen LogP contribution is -2.44. The zero-order chi connectivity index (χ0) is 27.3. The van der Waals surface area contributed by atoms with Crippen molar-refractivity contribution in [3.8, 4) is 0 Å². The Morgan fingerprint density at radius 2 is 2.00 bits per heavy atom. The quantitative estimate of drug-likeness (QED) is 0.442. The number of hydrogen-bond acceptors (Lipinski definition) is 6. The summed E-state index contributed by atoms with van der Waals surface area (Å²) in [7, 11) is 0. The second-order valence-electron chi connectivity index (χ2n) is 9.38. The van der Waals surface area contributed by atoms with Gasteiger partial charge in [-0.05, 0) is 23.8 Å². The van der Waals surface area contributed by atoms with Crippen LogP contribution in [0, 0.1) is 5.92 Å². The zero-order valence-corrected chi connectivity index (χ0v) is 21.5. The van der Waals surface area contributed by atoms with Crippen LogP contribution in [0.1, 0.15) is 24.5 Å². The van der Waals surface area contributed by atoms with E-state index >= 15 is 0 Å². The monoisotopic (exact) mass is 519 g/mol. The lowest BCUT2D eigenvalue weighted by Gasteiger charge is -2.28. The van der Waals surface area contributed by atoms with Gasteiger partial charge in [0.25, 0.3) is 5.91 Å². The van der Waals surface area contributed by atoms with Gasteiger partial charge in [0.05, 0.1) is 18.8 Å². The fourth-order valence-electron chi connectivity index (χ4n) is 4.90. The number of ether oxygens (including phenoxy) is 1. The third-order valence-electron chi connectivity index (χ3n) is 6.95. The summed E-state index contributed by atoms with van der Waals surface area (Å²) in [5.41, 5.74) is 0.517. The predicted molar refractivity (Wildman–Crippen MR) is 143 cm³/mol. The van der Waals surface area contributed by atoms with Gasteiger partial charge >= 0.3 is 6.09 Å². The van der Waals surface area contributed by atoms with E-state index in [1.165, 1.54) is 9.80 Å². The summed E-state index contributed by atoms with van der Waals surface area (Å²) in [6, 6.07) is 14.6. The Hall–Kier alpha value is -3.95. The Kier molecular flexibility index (Phi) is 8.29. The second kappa shape index (κ2) is 11.6. The summed E-state index contributed by atoms with van der Waals surface area (Å²) in [6.45, 7) is 6.72. The normalized spacial score (nSPS) is 19.6. The fraction of sp³-hybridized carbons (Fsp3) is 0.345. The van der Waals surface area contributed by atoms with Crippen LogP contribution in [0.4, 0.5) is 16.2 Å². The molecule has 2 aliphatic heterocycles. The van der Waals surface area contributed by atoms with Gasteiger partial charge in [-0.3, -0.25) is 14.5 Å². The van der Waals surface area contributed by atoms with E-state index < -0.39 is 23.5 Å². The van der Waals surface area contributed by atoms with Crippen LogP contribution in [0.3, 0.4) is 0 Å². The maximum atomic E-state index is 13.5. The standard InChI is InChI=1S/C29H33N3O6/c1-3-14-32-25-13-12-23(31-16-18-38-28(31)36)19-24(25)29(37,27(32)35)21(2)8-7-11-26(34)30(15-17-33)20-22-9-5-4-6-10-22/h3-10,12-13,19,21,33,37H,1,11,14-18,20H2,2H3/b8-7+/t21-,29+/m1/s1. The van der Waals surface area contributed by atoms with Crippen molar-refractivity contribution in [2.75, 3.05) is 42.6 Å². The molecular weight excluding hydrogens is 486 g/mol. The van der Waals surface area contributed by atoms with Crippen molar-refractivity contribution >= 4 is 29.3 Å². The molecule has 2 aromatic carbocycles. The van der Waals surface area contributed by atoms with Gasteiger partial charge in [-0.15, -0.1) is 6.58 Å². The average Bonchev–Trinajstić information content (AvgIpc) is 3.44. The smallest absolute Gasteiger partial charge is 0.414 e. The summed E-state index contributed by atoms with van der Waals surface area (Å²) in [5.74, 6) is -1.36. The minimum atomic E-state index is -1.90. The van der Waals surface area contributed by atoms with Crippen molar-refractivity contribution < 1.29 is 29.3 Å². The summed E-state index contributed by atoms with van der Waals surface area (Å²) >= 11 is 0. The highest BCUT2D eigenvalue weighted by atomic mass is 16.6. The van der Waals surface area contributed by atoms with E-state index in [1.807, 2.05) is 30.3 Å². The number of amides is 3. The number of fused-ring (bicyclic) bond motifs is 1. The minimum Gasteiger partial charge on any atom is -0.447 e. The van der Waals surface area contributed by atoms with Crippen molar-refractivity contribution in [1.29, 1.82) is 0 Å². The second-order valence-corrected chi connectivity index (χ2v) is 9.38. The van der Waals surface area contributed by atoms with Crippen LogP contribution in [0.2, 0.25) is 0 Å². The maximum Gasteiger partial charge on any atom is 0.414 e. The largest absolute Gasteiger partial charge is 0.447 e. The van der Waals surface area contributed by atoms with Crippen molar-refractivity contribution in [2.45, 2.75) is 25.5 Å². The van der Waals surface area contributed by atoms with Gasteiger partial charge < -0.3 is 24.7 Å². The van der Waals surface area contributed by atoms with Gasteiger partial charge in [0.2, 0.25) is 5.91 Å². The maximum absolute atomic E-state index is 13.5. The number of nitrogens with zero attached hydrogens (tertiary/aromatic N) is 3. The number of anilines is 2. The number of hydrogen-bond donors (Lipinski definition) is 2. The molecule has 0 saturated carbocycles. The Morgan fingerprint density at radius 1 is 1.24 bits per heavy atom. The van der Waals surface area contributed by atoms with E-state index in [9.17, 15) is 24.6 Å². The Balaban J connectivity index is 1.55. The first-order valence-corrected chi connectivity index (χ1v) is 12.6. The van der Waals surface area contributed by atoms with Crippen LogP contribution < -0.4 is 9.80 Å². The lowest BCUT2D eigenvalue weighted by molar-refractivity contribution is -0.139. The van der Waals surface area contributed by atoms with Crippen molar-refractivity contribution in [3.63, 3.8) is 0 Å². The number of carbonyl (C=O) groups excluding carboxylic acids is 3. The number of carbonyl (C=O) groups is 3. The molecule has 9 nitrogen and oxygen atoms in total. The summed E-state index contributed by atoms with van der Waals surface area (Å²) in [6.07, 6.45) is 4.46. The molecule has 2 heterocycles. The number of aliphatic hydroxyl groups excluding tert-OH is 1. The molecule has 1 fully saturated rings. The Bertz CT molecular complexity index is 1230. The molecule has 3 amide bonds. The van der Waals surface area contributed by atoms with Crippen molar-refractivity contribution in [2.24, 2.45) is 5.92 Å². The van der Waals surface area contributed by atoms with Crippen molar-refractivity contribution in [1.82, 2.24) is 4.90 Å². The van der Waals surface area contributed by atoms with Crippen LogP contribution in [-0.2, 0) is 26.5 Å². The van der Waals surface area contributed by atoms with Crippen LogP contribution in [0.15, 0.2) is 73.3 Å². The first kappa shape index (κ1) is 27.1. The third-order valence-corrected chi connectivity index (χ3v) is 6.95. The Morgan fingerprint density at radius 3 is 2.66 bits per heavy atom. The molecule has 0 aliphatic carbocycles. The minimum absolute atomic E-state index is 0.0460. The highest BCUT2D eigenvalue weighted by Crippen LogP contribution is 2.46. The molecule has 200 valence electrons. The number of rotatable bonds is 11. The molecule has 2 aromatic rings. The molecule has 1 saturated heterocycles. The lowest BCUT2D eigenvalue weighted by atomic mass is 9.82. The van der Waals surface area contributed by atoms with Gasteiger partial charge in [0.1, 0.15) is 6.61 Å². The van der Waals surface area contributed by atoms with Gasteiger partial charge in [-0.25, -0.2) is 4.79 Å². The predicted octanol–water partition coefficient (Wildman–Crippen LogP) is 2.97. The average molecular weight is 520 g/mol. The van der Waals surface area contributed by atoms with E-state index in [2.05, 4.69) is 6.58 Å². The summed E-state index contributed by atoms with van der Waals surface area (Å²) < 4.78 is 5.04. The molecular formula is C29H33N3O6. The van der Waals surface area contributed by atoms with E-state index in [-0.39, 0.29) is 38.6 Å². The molecule has 0 radical (unpaired) electrons. The molecule has 0 spiro atoms. The van der Waals surface area contributed by atoms with E-state index in [1.54, 1.807) is 48.3 Å². The molecule has 0 unspecified atom stereocenters. The topological polar surface area (TPSA) is 111 Å². The van der Waals surface area contributed by atoms with E-state index in [0.717, 1.165) is 5.56 Å². The molecule has 2 atom stereocenters. The molecule has 4 rings (SSSR count). The van der Waals surface area contributed by atoms with E-state index in [0.29, 0.717) is 30.0 Å². The van der Waals surface area contributed by atoms with Crippen molar-refractivity contribution in [3.05, 3.63) is 84.5 Å². The molecule has 2 aliphatic rings. The first-order valence-electron chi connectivity index (χ1n) is 12.6. The van der Waals surface area contributed by atoms with Gasteiger partial charge in [-0.1, -0.05) is 55.5 Å². The number of aliphatic hydroxyl groups is 2. The number of cyclic esters (lactones) is 1. The third kappa shape index (κ3) is 5.20. The molecule has 2 N–H and O–H groups in total. The molecule has 0 aromatic heterocycles. The highest BCUT2D eigenvalue weighted by molar-refractivity contribution is 6.08. The summed E-state index contributed by atoms with van der Waals surface area (Å²) in [5, 5.41) is 21.3. The van der Waals surface area contributed by atoms with Crippen LogP contribution in [-0.4, -0.2) is 65.9 Å². The SMILES string of the molecule is C=CCN1C(=O)[C@](O)([C@H](C)/C=C/CC(=O)N(CCO)Cc2ccccc2)c2cc(N3CCOC3=O)ccc21. The zero-order valence-electron chi connectivity index (χ0n) is 21.5. The van der Waals surface area contributed by atoms with Gasteiger partial charge in [0.15, 0.2) is 5.60 Å². The van der Waals surface area contributed by atoms with Gasteiger partial charge in [-0.2, -0.15) is 0 Å². The first-order chi connectivity index (χ1) is 18.3. The van der Waals surface area contributed by atoms with E-state index in [4.69, 9.17) is 4.74 Å². The van der Waals surface area contributed by atoms with Crippen LogP contribution in [0.25, 0.3) is 0 Å². The summed E-state index contributed by atoms with van der Waals surface area (Å²) in [4.78, 5) is 43.0. The van der Waals surface area contributed by atoms with Crippen LogP contribution in [0.5, 0.6) is 0 Å². The fourth-order valence-corrected chi connectivity index (χ4v) is 4.90.